The van der Waals surface area contributed by atoms with Gasteiger partial charge in [-0.3, -0.25) is 9.18 Å². The maximum absolute atomic E-state index is 13.9. The van der Waals surface area contributed by atoms with Crippen LogP contribution < -0.4 is 11.5 Å². The summed E-state index contributed by atoms with van der Waals surface area (Å²) in [6, 6.07) is 3.35. The normalized spacial score (nSPS) is 15.9. The summed E-state index contributed by atoms with van der Waals surface area (Å²) in [6.07, 6.45) is -1.63. The number of nitrogens with two attached hydrogens (primary N) is 2. The van der Waals surface area contributed by atoms with Gasteiger partial charge in [0.1, 0.15) is 11.0 Å². The van der Waals surface area contributed by atoms with Gasteiger partial charge in [0.15, 0.2) is 11.6 Å². The molecule has 0 spiro atoms. The Kier molecular flexibility index (Phi) is 10.8. The Morgan fingerprint density at radius 2 is 1.78 bits per heavy atom. The summed E-state index contributed by atoms with van der Waals surface area (Å²) in [5.41, 5.74) is 13.0. The van der Waals surface area contributed by atoms with Crippen molar-refractivity contribution in [2.24, 2.45) is 11.5 Å². The molecule has 1 aliphatic heterocycles. The zero-order valence-electron chi connectivity index (χ0n) is 19.3. The predicted octanol–water partition coefficient (Wildman–Crippen LogP) is 3.73. The van der Waals surface area contributed by atoms with E-state index in [0.717, 1.165) is 0 Å². The smallest absolute Gasteiger partial charge is 0.255 e. The van der Waals surface area contributed by atoms with Crippen molar-refractivity contribution in [3.05, 3.63) is 69.9 Å². The Labute approximate surface area is 209 Å². The van der Waals surface area contributed by atoms with Gasteiger partial charge in [-0.25, -0.2) is 26.9 Å². The summed E-state index contributed by atoms with van der Waals surface area (Å²) < 4.78 is 76.2. The molecule has 3 rings (SSSR count). The Bertz CT molecular complexity index is 1070. The van der Waals surface area contributed by atoms with Crippen LogP contribution in [0.4, 0.5) is 26.3 Å². The first kappa shape index (κ1) is 29.2. The van der Waals surface area contributed by atoms with Crippen LogP contribution in [0.1, 0.15) is 17.5 Å². The number of carbonyl (C=O) groups excluding carboxylic acids is 1. The monoisotopic (exact) mass is 537 g/mol. The molecule has 36 heavy (non-hydrogen) atoms. The Balaban J connectivity index is 0.00000222. The standard InChI is InChI=1S/C22H23ClF5N5O.CH3F/c23-19-2-1-12(9-31-19)22(30)18-10-33(4-3-32(18)11-20(27)28)21(34)7-14(29)5-13-6-16(25)17(26)8-15(13)24;1-2/h1-2,6,8-9,14,20H,3-5,7,10-11,29-30H2;1H3/b22-18-;. The average molecular weight is 538 g/mol. The van der Waals surface area contributed by atoms with Gasteiger partial charge in [0.05, 0.1) is 31.7 Å². The minimum absolute atomic E-state index is 0.0493. The van der Waals surface area contributed by atoms with E-state index >= 15 is 0 Å². The number of piperazine rings is 1. The summed E-state index contributed by atoms with van der Waals surface area (Å²) >= 11 is 5.79. The van der Waals surface area contributed by atoms with Crippen LogP contribution in [0.5, 0.6) is 0 Å². The van der Waals surface area contributed by atoms with Crippen LogP contribution in [0.25, 0.3) is 5.70 Å². The number of alkyl halides is 3. The molecular weight excluding hydrogens is 512 g/mol. The van der Waals surface area contributed by atoms with Gasteiger partial charge >= 0.3 is 0 Å². The molecule has 0 saturated carbocycles. The van der Waals surface area contributed by atoms with E-state index in [0.29, 0.717) is 30.6 Å². The van der Waals surface area contributed by atoms with Crippen LogP contribution >= 0.6 is 11.6 Å². The number of hydrogen-bond donors (Lipinski definition) is 2. The molecule has 13 heteroatoms. The van der Waals surface area contributed by atoms with Crippen LogP contribution in [0, 0.1) is 17.5 Å². The fourth-order valence-corrected chi connectivity index (χ4v) is 3.81. The molecule has 1 atom stereocenters. The van der Waals surface area contributed by atoms with E-state index in [4.69, 9.17) is 23.1 Å². The van der Waals surface area contributed by atoms with E-state index < -0.39 is 42.4 Å². The number of halogens is 7. The van der Waals surface area contributed by atoms with E-state index in [2.05, 4.69) is 4.98 Å². The average Bonchev–Trinajstić information content (AvgIpc) is 2.83. The Morgan fingerprint density at radius 1 is 1.11 bits per heavy atom. The Morgan fingerprint density at radius 3 is 2.39 bits per heavy atom. The molecule has 1 saturated heterocycles. The summed E-state index contributed by atoms with van der Waals surface area (Å²) in [5, 5.41) is 0.234. The highest BCUT2D eigenvalue weighted by molar-refractivity contribution is 6.29. The third-order valence-corrected chi connectivity index (χ3v) is 5.65. The number of nitrogens with zero attached hydrogens (tertiary/aromatic N) is 3. The van der Waals surface area contributed by atoms with Gasteiger partial charge in [-0.2, -0.15) is 0 Å². The molecule has 1 fully saturated rings. The lowest BCUT2D eigenvalue weighted by Gasteiger charge is -2.39. The van der Waals surface area contributed by atoms with Crippen molar-refractivity contribution >= 4 is 23.2 Å². The summed E-state index contributed by atoms with van der Waals surface area (Å²) in [5.74, 6) is -3.91. The van der Waals surface area contributed by atoms with Crippen LogP contribution in [0.15, 0.2) is 36.2 Å². The Hall–Kier alpha value is -2.99. The molecular formula is C23H26ClF6N5O. The zero-order chi connectivity index (χ0) is 27.0. The second-order valence-electron chi connectivity index (χ2n) is 7.91. The predicted molar refractivity (Wildman–Crippen MR) is 124 cm³/mol. The third-order valence-electron chi connectivity index (χ3n) is 5.43. The van der Waals surface area contributed by atoms with Crippen molar-refractivity contribution in [2.45, 2.75) is 25.3 Å². The number of pyridine rings is 1. The molecule has 1 aliphatic rings. The molecule has 0 bridgehead atoms. The minimum Gasteiger partial charge on any atom is -0.397 e. The fraction of sp³-hybridized carbons (Fsp3) is 0.391. The number of hydrogen-bond acceptors (Lipinski definition) is 5. The maximum Gasteiger partial charge on any atom is 0.255 e. The number of aromatic nitrogens is 1. The molecule has 6 nitrogen and oxygen atoms in total. The van der Waals surface area contributed by atoms with Crippen molar-refractivity contribution in [3.8, 4) is 0 Å². The van der Waals surface area contributed by atoms with E-state index in [1.54, 1.807) is 6.07 Å². The largest absolute Gasteiger partial charge is 0.397 e. The van der Waals surface area contributed by atoms with Crippen LogP contribution in [0.2, 0.25) is 5.15 Å². The van der Waals surface area contributed by atoms with E-state index in [1.165, 1.54) is 22.1 Å². The first-order chi connectivity index (χ1) is 17.0. The number of carbonyl (C=O) groups is 1. The molecule has 1 aromatic heterocycles. The molecule has 2 heterocycles. The van der Waals surface area contributed by atoms with Gasteiger partial charge in [0.2, 0.25) is 5.91 Å². The highest BCUT2D eigenvalue weighted by Gasteiger charge is 2.29. The number of rotatable bonds is 7. The van der Waals surface area contributed by atoms with E-state index in [-0.39, 0.29) is 48.9 Å². The summed E-state index contributed by atoms with van der Waals surface area (Å²) in [7, 11) is 0.500. The quantitative estimate of drug-likeness (QED) is 0.319. The third kappa shape index (κ3) is 7.76. The molecule has 2 aromatic rings. The lowest BCUT2D eigenvalue weighted by atomic mass is 10.0. The lowest BCUT2D eigenvalue weighted by molar-refractivity contribution is -0.132. The molecule has 1 aromatic carbocycles. The van der Waals surface area contributed by atoms with Crippen molar-refractivity contribution in [1.82, 2.24) is 14.8 Å². The zero-order valence-corrected chi connectivity index (χ0v) is 20.1. The highest BCUT2D eigenvalue weighted by atomic mass is 35.5. The van der Waals surface area contributed by atoms with Gasteiger partial charge in [0.25, 0.3) is 6.43 Å². The van der Waals surface area contributed by atoms with E-state index in [1.807, 2.05) is 0 Å². The molecule has 198 valence electrons. The van der Waals surface area contributed by atoms with Gasteiger partial charge in [-0.1, -0.05) is 11.6 Å². The molecule has 0 radical (unpaired) electrons. The van der Waals surface area contributed by atoms with E-state index in [9.17, 15) is 31.1 Å². The summed E-state index contributed by atoms with van der Waals surface area (Å²) in [6.45, 7) is -0.353. The van der Waals surface area contributed by atoms with Crippen molar-refractivity contribution in [1.29, 1.82) is 0 Å². The first-order valence-electron chi connectivity index (χ1n) is 10.7. The first-order valence-corrected chi connectivity index (χ1v) is 11.1. The van der Waals surface area contributed by atoms with Crippen molar-refractivity contribution in [2.75, 3.05) is 33.4 Å². The molecule has 0 aliphatic carbocycles. The highest BCUT2D eigenvalue weighted by Crippen LogP contribution is 2.24. The minimum atomic E-state index is -2.62. The van der Waals surface area contributed by atoms with Crippen LogP contribution in [-0.2, 0) is 11.2 Å². The lowest BCUT2D eigenvalue weighted by Crippen LogP contribution is -2.50. The van der Waals surface area contributed by atoms with Gasteiger partial charge < -0.3 is 21.3 Å². The summed E-state index contributed by atoms with van der Waals surface area (Å²) in [4.78, 5) is 19.6. The second-order valence-corrected chi connectivity index (χ2v) is 8.30. The molecule has 4 N–H and O–H groups in total. The number of amides is 1. The molecule has 1 unspecified atom stereocenters. The topological polar surface area (TPSA) is 88.5 Å². The fourth-order valence-electron chi connectivity index (χ4n) is 3.70. The number of benzene rings is 1. The second kappa shape index (κ2) is 13.4. The van der Waals surface area contributed by atoms with Crippen molar-refractivity contribution in [3.63, 3.8) is 0 Å². The maximum atomic E-state index is 13.9. The van der Waals surface area contributed by atoms with Crippen molar-refractivity contribution < 1.29 is 31.1 Å². The van der Waals surface area contributed by atoms with Crippen LogP contribution in [0.3, 0.4) is 0 Å². The van der Waals surface area contributed by atoms with Gasteiger partial charge in [-0.15, -0.1) is 0 Å². The van der Waals surface area contributed by atoms with Gasteiger partial charge in [-0.05, 0) is 30.2 Å². The van der Waals surface area contributed by atoms with Gasteiger partial charge in [0, 0.05) is 43.4 Å². The SMILES string of the molecule is CF.N/C(=C1/CN(C(=O)CC(N)Cc2cc(F)c(F)cc2F)CCN1CC(F)F)c1ccc(Cl)nc1. The molecule has 1 amide bonds. The van der Waals surface area contributed by atoms with Crippen LogP contribution in [-0.4, -0.2) is 66.5 Å².